The predicted molar refractivity (Wildman–Crippen MR) is 99.9 cm³/mol. The molecule has 1 aliphatic heterocycles. The molecule has 0 unspecified atom stereocenters. The smallest absolute Gasteiger partial charge is 0.412 e. The Bertz CT molecular complexity index is 681. The van der Waals surface area contributed by atoms with Gasteiger partial charge in [0.15, 0.2) is 0 Å². The lowest BCUT2D eigenvalue weighted by atomic mass is 10.2. The third-order valence-electron chi connectivity index (χ3n) is 3.50. The minimum absolute atomic E-state index is 0.00875. The molecule has 0 saturated carbocycles. The highest BCUT2D eigenvalue weighted by atomic mass is 127. The second kappa shape index (κ2) is 7.30. The van der Waals surface area contributed by atoms with Crippen LogP contribution in [0.4, 0.5) is 21.9 Å². The van der Waals surface area contributed by atoms with Crippen molar-refractivity contribution in [1.82, 2.24) is 0 Å². The van der Waals surface area contributed by atoms with E-state index in [1.54, 1.807) is 25.7 Å². The van der Waals surface area contributed by atoms with Crippen LogP contribution in [0.15, 0.2) is 12.1 Å². The van der Waals surface area contributed by atoms with Gasteiger partial charge in [-0.15, -0.1) is 0 Å². The third-order valence-corrected chi connectivity index (χ3v) is 4.36. The summed E-state index contributed by atoms with van der Waals surface area (Å²) in [6.45, 7) is 5.45. The standard InChI is InChI=1S/C15H20IN3O6/c1-15(2,3)25-14(22)17-9-5-10(8(16)4-11(9)19(23)24)18-6-12(20)13(21)7-18/h4-5,12-13,20-21H,6-7H2,1-3H3,(H,17,22)/t12-,13+. The van der Waals surface area contributed by atoms with Gasteiger partial charge in [-0.05, 0) is 49.4 Å². The molecule has 1 aromatic rings. The Morgan fingerprint density at radius 1 is 1.36 bits per heavy atom. The lowest BCUT2D eigenvalue weighted by Gasteiger charge is -2.22. The SMILES string of the molecule is CC(C)(C)OC(=O)Nc1cc(N2C[C@@H](O)[C@@H](O)C2)c(I)cc1[N+](=O)[O-]. The lowest BCUT2D eigenvalue weighted by Crippen LogP contribution is -2.28. The van der Waals surface area contributed by atoms with Crippen molar-refractivity contribution < 1.29 is 24.7 Å². The number of ether oxygens (including phenoxy) is 1. The Labute approximate surface area is 158 Å². The van der Waals surface area contributed by atoms with Gasteiger partial charge in [0.25, 0.3) is 5.69 Å². The average molecular weight is 465 g/mol. The number of halogens is 1. The Balaban J connectivity index is 2.35. The monoisotopic (exact) mass is 465 g/mol. The summed E-state index contributed by atoms with van der Waals surface area (Å²) >= 11 is 1.94. The molecular formula is C15H20IN3O6. The maximum atomic E-state index is 12.0. The van der Waals surface area contributed by atoms with Crippen molar-refractivity contribution in [3.63, 3.8) is 0 Å². The van der Waals surface area contributed by atoms with E-state index in [-0.39, 0.29) is 24.5 Å². The molecule has 0 aromatic heterocycles. The molecule has 0 spiro atoms. The summed E-state index contributed by atoms with van der Waals surface area (Å²) in [5.41, 5.74) is -0.439. The first-order valence-electron chi connectivity index (χ1n) is 7.57. The quantitative estimate of drug-likeness (QED) is 0.355. The van der Waals surface area contributed by atoms with Crippen LogP contribution < -0.4 is 10.2 Å². The largest absolute Gasteiger partial charge is 0.444 e. The van der Waals surface area contributed by atoms with Crippen LogP contribution in [0.5, 0.6) is 0 Å². The van der Waals surface area contributed by atoms with Gasteiger partial charge in [0, 0.05) is 22.7 Å². The number of anilines is 2. The third kappa shape index (κ3) is 4.92. The molecule has 1 aromatic carbocycles. The molecule has 138 valence electrons. The Morgan fingerprint density at radius 3 is 2.40 bits per heavy atom. The van der Waals surface area contributed by atoms with Gasteiger partial charge in [-0.3, -0.25) is 15.4 Å². The first-order chi connectivity index (χ1) is 11.5. The number of nitrogens with one attached hydrogen (secondary N) is 1. The van der Waals surface area contributed by atoms with E-state index in [0.29, 0.717) is 9.26 Å². The number of benzene rings is 1. The normalized spacial score (nSPS) is 20.5. The Kier molecular flexibility index (Phi) is 5.74. The summed E-state index contributed by atoms with van der Waals surface area (Å²) in [7, 11) is 0. The van der Waals surface area contributed by atoms with Crippen LogP contribution in [0.1, 0.15) is 20.8 Å². The number of aliphatic hydroxyl groups excluding tert-OH is 2. The molecule has 0 radical (unpaired) electrons. The first kappa shape index (κ1) is 19.7. The number of nitrogens with zero attached hydrogens (tertiary/aromatic N) is 2. The van der Waals surface area contributed by atoms with E-state index in [1.165, 1.54) is 12.1 Å². The Morgan fingerprint density at radius 2 is 1.92 bits per heavy atom. The zero-order valence-electron chi connectivity index (χ0n) is 14.0. The highest BCUT2D eigenvalue weighted by molar-refractivity contribution is 14.1. The van der Waals surface area contributed by atoms with E-state index in [0.717, 1.165) is 0 Å². The molecule has 9 nitrogen and oxygen atoms in total. The topological polar surface area (TPSA) is 125 Å². The highest BCUT2D eigenvalue weighted by Crippen LogP contribution is 2.36. The molecule has 25 heavy (non-hydrogen) atoms. The summed E-state index contributed by atoms with van der Waals surface area (Å²) < 4.78 is 5.71. The maximum Gasteiger partial charge on any atom is 0.412 e. The maximum absolute atomic E-state index is 12.0. The van der Waals surface area contributed by atoms with Crippen molar-refractivity contribution in [2.45, 2.75) is 38.6 Å². The van der Waals surface area contributed by atoms with Gasteiger partial charge >= 0.3 is 6.09 Å². The molecule has 2 atom stereocenters. The van der Waals surface area contributed by atoms with Crippen LogP contribution in [0.2, 0.25) is 0 Å². The summed E-state index contributed by atoms with van der Waals surface area (Å²) in [5.74, 6) is 0. The van der Waals surface area contributed by atoms with Gasteiger partial charge in [-0.1, -0.05) is 0 Å². The van der Waals surface area contributed by atoms with Crippen LogP contribution >= 0.6 is 22.6 Å². The van der Waals surface area contributed by atoms with E-state index in [2.05, 4.69) is 5.32 Å². The molecule has 10 heteroatoms. The van der Waals surface area contributed by atoms with Gasteiger partial charge in [0.2, 0.25) is 0 Å². The van der Waals surface area contributed by atoms with E-state index in [1.807, 2.05) is 22.6 Å². The van der Waals surface area contributed by atoms with Gasteiger partial charge in [0.1, 0.15) is 11.3 Å². The van der Waals surface area contributed by atoms with Crippen LogP contribution in [0, 0.1) is 13.7 Å². The summed E-state index contributed by atoms with van der Waals surface area (Å²) in [6, 6.07) is 2.79. The van der Waals surface area contributed by atoms with Crippen molar-refractivity contribution >= 4 is 45.7 Å². The molecule has 3 N–H and O–H groups in total. The van der Waals surface area contributed by atoms with Crippen molar-refractivity contribution in [3.05, 3.63) is 25.8 Å². The molecular weight excluding hydrogens is 445 g/mol. The molecule has 2 rings (SSSR count). The number of rotatable bonds is 3. The van der Waals surface area contributed by atoms with E-state index >= 15 is 0 Å². The number of carbonyl (C=O) groups is 1. The minimum Gasteiger partial charge on any atom is -0.444 e. The zero-order chi connectivity index (χ0) is 18.9. The number of nitro groups is 1. The van der Waals surface area contributed by atoms with Crippen LogP contribution in [0.3, 0.4) is 0 Å². The van der Waals surface area contributed by atoms with E-state index in [9.17, 15) is 25.1 Å². The van der Waals surface area contributed by atoms with Gasteiger partial charge in [-0.2, -0.15) is 0 Å². The van der Waals surface area contributed by atoms with E-state index in [4.69, 9.17) is 4.74 Å². The summed E-state index contributed by atoms with van der Waals surface area (Å²) in [5, 5.41) is 33.1. The number of β-amino-alcohol motifs (C(OH)–C–C–N with tert-alkyl or cyclic N) is 2. The number of amides is 1. The number of nitro benzene ring substituents is 1. The second-order valence-electron chi connectivity index (χ2n) is 6.74. The number of hydrogen-bond donors (Lipinski definition) is 3. The number of aliphatic hydroxyl groups is 2. The fraction of sp³-hybridized carbons (Fsp3) is 0.533. The van der Waals surface area contributed by atoms with Crippen molar-refractivity contribution in [2.24, 2.45) is 0 Å². The molecule has 1 aliphatic rings. The molecule has 1 fully saturated rings. The fourth-order valence-electron chi connectivity index (χ4n) is 2.42. The minimum atomic E-state index is -0.895. The predicted octanol–water partition coefficient (Wildman–Crippen LogP) is 2.09. The zero-order valence-corrected chi connectivity index (χ0v) is 16.2. The van der Waals surface area contributed by atoms with Crippen molar-refractivity contribution in [1.29, 1.82) is 0 Å². The van der Waals surface area contributed by atoms with Crippen LogP contribution in [0.25, 0.3) is 0 Å². The first-order valence-corrected chi connectivity index (χ1v) is 8.65. The van der Waals surface area contributed by atoms with Crippen LogP contribution in [-0.2, 0) is 4.74 Å². The molecule has 0 bridgehead atoms. The summed E-state index contributed by atoms with van der Waals surface area (Å²) in [4.78, 5) is 24.4. The molecule has 0 aliphatic carbocycles. The highest BCUT2D eigenvalue weighted by Gasteiger charge is 2.32. The van der Waals surface area contributed by atoms with E-state index < -0.39 is 28.8 Å². The second-order valence-corrected chi connectivity index (χ2v) is 7.91. The number of carbonyl (C=O) groups excluding carboxylic acids is 1. The molecule has 1 saturated heterocycles. The molecule has 1 heterocycles. The van der Waals surface area contributed by atoms with Gasteiger partial charge in [0.05, 0.1) is 22.8 Å². The van der Waals surface area contributed by atoms with Crippen molar-refractivity contribution in [2.75, 3.05) is 23.3 Å². The average Bonchev–Trinajstić information content (AvgIpc) is 2.77. The van der Waals surface area contributed by atoms with Gasteiger partial charge < -0.3 is 19.8 Å². The van der Waals surface area contributed by atoms with Crippen LogP contribution in [-0.4, -0.2) is 52.1 Å². The molecule has 1 amide bonds. The number of hydrogen-bond acceptors (Lipinski definition) is 7. The lowest BCUT2D eigenvalue weighted by molar-refractivity contribution is -0.384. The Hall–Kier alpha value is -1.66. The van der Waals surface area contributed by atoms with Gasteiger partial charge in [-0.25, -0.2) is 4.79 Å². The summed E-state index contributed by atoms with van der Waals surface area (Å²) in [6.07, 6.45) is -2.59. The van der Waals surface area contributed by atoms with Crippen molar-refractivity contribution in [3.8, 4) is 0 Å². The fourth-order valence-corrected chi connectivity index (χ4v) is 3.22.